The molecule has 0 saturated carbocycles. The second-order valence-corrected chi connectivity index (χ2v) is 7.58. The number of anilines is 2. The maximum Gasteiger partial charge on any atom is 0.282 e. The maximum atomic E-state index is 13.4. The number of imide groups is 1. The van der Waals surface area contributed by atoms with Crippen LogP contribution in [0.15, 0.2) is 78.5 Å². The quantitative estimate of drug-likeness (QED) is 0.598. The highest BCUT2D eigenvalue weighted by molar-refractivity contribution is 6.46. The molecule has 0 aliphatic carbocycles. The molecule has 3 aromatic rings. The lowest BCUT2D eigenvalue weighted by atomic mass is 10.0. The Balaban J connectivity index is 1.80. The Morgan fingerprint density at radius 3 is 2.03 bits per heavy atom. The summed E-state index contributed by atoms with van der Waals surface area (Å²) in [6.07, 6.45) is 0.898. The van der Waals surface area contributed by atoms with E-state index in [4.69, 9.17) is 0 Å². The van der Waals surface area contributed by atoms with E-state index >= 15 is 0 Å². The Bertz CT molecular complexity index is 1130. The summed E-state index contributed by atoms with van der Waals surface area (Å²) in [5.41, 5.74) is 6.10. The first-order valence-corrected chi connectivity index (χ1v) is 10.1. The molecule has 4 nitrogen and oxygen atoms in total. The summed E-state index contributed by atoms with van der Waals surface area (Å²) in [6.45, 7) is 6.09. The molecule has 0 spiro atoms. The summed E-state index contributed by atoms with van der Waals surface area (Å²) >= 11 is 0. The van der Waals surface area contributed by atoms with E-state index in [2.05, 4.69) is 18.3 Å². The minimum atomic E-state index is -0.345. The van der Waals surface area contributed by atoms with E-state index in [1.165, 1.54) is 4.90 Å². The van der Waals surface area contributed by atoms with E-state index in [-0.39, 0.29) is 11.8 Å². The van der Waals surface area contributed by atoms with Gasteiger partial charge in [0.1, 0.15) is 5.70 Å². The smallest absolute Gasteiger partial charge is 0.282 e. The van der Waals surface area contributed by atoms with Crippen LogP contribution in [0.4, 0.5) is 11.4 Å². The zero-order valence-corrected chi connectivity index (χ0v) is 17.4. The van der Waals surface area contributed by atoms with Gasteiger partial charge in [-0.15, -0.1) is 0 Å². The van der Waals surface area contributed by atoms with Crippen LogP contribution >= 0.6 is 0 Å². The molecule has 0 unspecified atom stereocenters. The molecule has 0 atom stereocenters. The molecule has 3 aromatic carbocycles. The van der Waals surface area contributed by atoms with Crippen LogP contribution in [-0.4, -0.2) is 11.8 Å². The predicted molar refractivity (Wildman–Crippen MR) is 121 cm³/mol. The Labute approximate surface area is 176 Å². The van der Waals surface area contributed by atoms with E-state index < -0.39 is 0 Å². The number of nitrogens with one attached hydrogen (secondary N) is 1. The van der Waals surface area contributed by atoms with Gasteiger partial charge in [-0.25, -0.2) is 4.90 Å². The normalized spacial score (nSPS) is 13.9. The summed E-state index contributed by atoms with van der Waals surface area (Å²) in [7, 11) is 0. The van der Waals surface area contributed by atoms with Crippen LogP contribution in [-0.2, 0) is 16.0 Å². The molecule has 1 aliphatic heterocycles. The summed E-state index contributed by atoms with van der Waals surface area (Å²) in [4.78, 5) is 28.1. The van der Waals surface area contributed by atoms with Crippen LogP contribution in [0.3, 0.4) is 0 Å². The van der Waals surface area contributed by atoms with Crippen LogP contribution < -0.4 is 10.2 Å². The highest BCUT2D eigenvalue weighted by atomic mass is 16.2. The number of carbonyl (C=O) groups excluding carboxylic acids is 2. The summed E-state index contributed by atoms with van der Waals surface area (Å²) < 4.78 is 0. The van der Waals surface area contributed by atoms with E-state index in [0.29, 0.717) is 17.0 Å². The summed E-state index contributed by atoms with van der Waals surface area (Å²) in [5.74, 6) is -0.662. The van der Waals surface area contributed by atoms with Gasteiger partial charge in [-0.2, -0.15) is 0 Å². The second kappa shape index (κ2) is 7.99. The number of amides is 2. The highest BCUT2D eigenvalue weighted by Crippen LogP contribution is 2.34. The van der Waals surface area contributed by atoms with Crippen molar-refractivity contribution in [2.75, 3.05) is 10.2 Å². The van der Waals surface area contributed by atoms with E-state index in [1.54, 1.807) is 0 Å². The average molecular weight is 396 g/mol. The largest absolute Gasteiger partial charge is 0.350 e. The molecule has 2 amide bonds. The third kappa shape index (κ3) is 3.64. The van der Waals surface area contributed by atoms with Crippen molar-refractivity contribution in [1.29, 1.82) is 0 Å². The standard InChI is InChI=1S/C26H24N2O2/c1-4-19-10-12-22(13-11-19)28-25(29)23(20-8-6-5-7-9-20)24(26(28)30)27-21-15-17(2)14-18(3)16-21/h5-16,27H,4H2,1-3H3. The lowest BCUT2D eigenvalue weighted by Gasteiger charge is -2.16. The molecule has 1 N–H and O–H groups in total. The molecule has 30 heavy (non-hydrogen) atoms. The van der Waals surface area contributed by atoms with Gasteiger partial charge in [-0.05, 0) is 66.8 Å². The number of hydrogen-bond donors (Lipinski definition) is 1. The van der Waals surface area contributed by atoms with Gasteiger partial charge in [0, 0.05) is 5.69 Å². The van der Waals surface area contributed by atoms with Crippen molar-refractivity contribution < 1.29 is 9.59 Å². The first-order valence-electron chi connectivity index (χ1n) is 10.1. The fourth-order valence-electron chi connectivity index (χ4n) is 3.82. The first kappa shape index (κ1) is 19.6. The zero-order valence-electron chi connectivity index (χ0n) is 17.4. The molecular weight excluding hydrogens is 372 g/mol. The number of benzene rings is 3. The molecule has 4 heteroatoms. The summed E-state index contributed by atoms with van der Waals surface area (Å²) in [5, 5.41) is 3.24. The van der Waals surface area contributed by atoms with Gasteiger partial charge in [0.2, 0.25) is 0 Å². The Morgan fingerprint density at radius 2 is 1.43 bits per heavy atom. The average Bonchev–Trinajstić information content (AvgIpc) is 2.97. The Morgan fingerprint density at radius 1 is 0.800 bits per heavy atom. The molecule has 0 fully saturated rings. The van der Waals surface area contributed by atoms with Gasteiger partial charge in [0.05, 0.1) is 11.3 Å². The minimum absolute atomic E-state index is 0.302. The van der Waals surface area contributed by atoms with E-state index in [9.17, 15) is 9.59 Å². The fourth-order valence-corrected chi connectivity index (χ4v) is 3.82. The highest BCUT2D eigenvalue weighted by Gasteiger charge is 2.40. The van der Waals surface area contributed by atoms with Crippen molar-refractivity contribution in [3.05, 3.63) is 101 Å². The van der Waals surface area contributed by atoms with Gasteiger partial charge in [0.15, 0.2) is 0 Å². The predicted octanol–water partition coefficient (Wildman–Crippen LogP) is 5.26. The monoisotopic (exact) mass is 396 g/mol. The fraction of sp³-hybridized carbons (Fsp3) is 0.154. The molecule has 4 rings (SSSR count). The topological polar surface area (TPSA) is 49.4 Å². The Hall–Kier alpha value is -3.66. The molecule has 0 bridgehead atoms. The lowest BCUT2D eigenvalue weighted by Crippen LogP contribution is -2.32. The van der Waals surface area contributed by atoms with Crippen LogP contribution in [0, 0.1) is 13.8 Å². The van der Waals surface area contributed by atoms with Crippen molar-refractivity contribution in [2.45, 2.75) is 27.2 Å². The van der Waals surface area contributed by atoms with Crippen molar-refractivity contribution >= 4 is 28.8 Å². The molecular formula is C26H24N2O2. The molecule has 0 saturated heterocycles. The van der Waals surface area contributed by atoms with Gasteiger partial charge in [-0.1, -0.05) is 55.5 Å². The SMILES string of the molecule is CCc1ccc(N2C(=O)C(Nc3cc(C)cc(C)c3)=C(c3ccccc3)C2=O)cc1. The van der Waals surface area contributed by atoms with Gasteiger partial charge >= 0.3 is 0 Å². The van der Waals surface area contributed by atoms with Gasteiger partial charge in [-0.3, -0.25) is 9.59 Å². The van der Waals surface area contributed by atoms with Crippen LogP contribution in [0.2, 0.25) is 0 Å². The second-order valence-electron chi connectivity index (χ2n) is 7.58. The zero-order chi connectivity index (χ0) is 21.3. The van der Waals surface area contributed by atoms with Crippen molar-refractivity contribution in [1.82, 2.24) is 0 Å². The van der Waals surface area contributed by atoms with E-state index in [1.807, 2.05) is 80.6 Å². The minimum Gasteiger partial charge on any atom is -0.350 e. The number of aryl methyl sites for hydroxylation is 3. The number of hydrogen-bond acceptors (Lipinski definition) is 3. The first-order chi connectivity index (χ1) is 14.5. The van der Waals surface area contributed by atoms with Crippen molar-refractivity contribution in [3.8, 4) is 0 Å². The molecule has 150 valence electrons. The van der Waals surface area contributed by atoms with Gasteiger partial charge in [0.25, 0.3) is 11.8 Å². The molecule has 1 aliphatic rings. The third-order valence-corrected chi connectivity index (χ3v) is 5.24. The number of carbonyl (C=O) groups is 2. The lowest BCUT2D eigenvalue weighted by molar-refractivity contribution is -0.120. The van der Waals surface area contributed by atoms with Crippen LogP contribution in [0.5, 0.6) is 0 Å². The van der Waals surface area contributed by atoms with E-state index in [0.717, 1.165) is 34.4 Å². The van der Waals surface area contributed by atoms with Crippen LogP contribution in [0.1, 0.15) is 29.2 Å². The third-order valence-electron chi connectivity index (χ3n) is 5.24. The molecule has 0 radical (unpaired) electrons. The summed E-state index contributed by atoms with van der Waals surface area (Å²) in [6, 6.07) is 22.9. The maximum absolute atomic E-state index is 13.4. The Kier molecular flexibility index (Phi) is 5.23. The van der Waals surface area contributed by atoms with Crippen molar-refractivity contribution in [2.24, 2.45) is 0 Å². The molecule has 1 heterocycles. The van der Waals surface area contributed by atoms with Crippen molar-refractivity contribution in [3.63, 3.8) is 0 Å². The van der Waals surface area contributed by atoms with Gasteiger partial charge < -0.3 is 5.32 Å². The molecule has 0 aromatic heterocycles. The van der Waals surface area contributed by atoms with Crippen LogP contribution in [0.25, 0.3) is 5.57 Å². The number of nitrogens with zero attached hydrogens (tertiary/aromatic N) is 1. The number of rotatable bonds is 5.